The molecule has 4 nitrogen and oxygen atoms in total. The summed E-state index contributed by atoms with van der Waals surface area (Å²) < 4.78 is 5.59. The van der Waals surface area contributed by atoms with Gasteiger partial charge in [-0.2, -0.15) is 0 Å². The summed E-state index contributed by atoms with van der Waals surface area (Å²) in [5.74, 6) is 0.899. The zero-order valence-corrected chi connectivity index (χ0v) is 14.1. The second-order valence-corrected chi connectivity index (χ2v) is 6.53. The molecule has 1 aromatic heterocycles. The highest BCUT2D eigenvalue weighted by Crippen LogP contribution is 2.25. The lowest BCUT2D eigenvalue weighted by Gasteiger charge is -2.26. The van der Waals surface area contributed by atoms with E-state index in [0.717, 1.165) is 29.3 Å². The van der Waals surface area contributed by atoms with Crippen LogP contribution in [0.25, 0.3) is 0 Å². The van der Waals surface area contributed by atoms with Crippen LogP contribution in [-0.2, 0) is 0 Å². The van der Waals surface area contributed by atoms with Crippen molar-refractivity contribution in [2.75, 3.05) is 25.9 Å². The van der Waals surface area contributed by atoms with E-state index in [2.05, 4.69) is 10.2 Å². The molecule has 0 radical (unpaired) electrons. The largest absolute Gasteiger partial charge is 0.468 e. The molecule has 0 bridgehead atoms. The number of nitrogens with one attached hydrogen (secondary N) is 1. The molecule has 0 aliphatic carbocycles. The first-order chi connectivity index (χ1) is 11.3. The van der Waals surface area contributed by atoms with E-state index in [0.29, 0.717) is 6.54 Å². The fraction of sp³-hybridized carbons (Fsp3) is 0.389. The Labute approximate surface area is 141 Å². The Hall–Kier alpha value is -1.72. The molecular weight excluding hydrogens is 308 g/mol. The van der Waals surface area contributed by atoms with Crippen molar-refractivity contribution in [3.8, 4) is 0 Å². The smallest absolute Gasteiger partial charge is 0.252 e. The van der Waals surface area contributed by atoms with Gasteiger partial charge in [0.15, 0.2) is 0 Å². The van der Waals surface area contributed by atoms with Crippen LogP contribution in [0.3, 0.4) is 0 Å². The van der Waals surface area contributed by atoms with Crippen molar-refractivity contribution in [2.45, 2.75) is 23.8 Å². The van der Waals surface area contributed by atoms with E-state index in [-0.39, 0.29) is 11.9 Å². The predicted octanol–water partition coefficient (Wildman–Crippen LogP) is 3.57. The third-order valence-electron chi connectivity index (χ3n) is 4.26. The Bertz CT molecular complexity index is 636. The molecule has 0 spiro atoms. The third kappa shape index (κ3) is 3.79. The Morgan fingerprint density at radius 1 is 1.26 bits per heavy atom. The third-order valence-corrected chi connectivity index (χ3v) is 5.06. The molecule has 1 saturated heterocycles. The number of amides is 1. The van der Waals surface area contributed by atoms with Gasteiger partial charge in [0.05, 0.1) is 17.9 Å². The molecule has 5 heteroatoms. The van der Waals surface area contributed by atoms with E-state index >= 15 is 0 Å². The first-order valence-corrected chi connectivity index (χ1v) is 9.20. The van der Waals surface area contributed by atoms with Gasteiger partial charge >= 0.3 is 0 Å². The number of furan rings is 1. The molecule has 122 valence electrons. The molecule has 1 amide bonds. The predicted molar refractivity (Wildman–Crippen MR) is 92.8 cm³/mol. The summed E-state index contributed by atoms with van der Waals surface area (Å²) in [6.45, 7) is 2.68. The van der Waals surface area contributed by atoms with Crippen molar-refractivity contribution in [2.24, 2.45) is 0 Å². The fourth-order valence-corrected chi connectivity index (χ4v) is 3.66. The normalized spacial score (nSPS) is 16.4. The van der Waals surface area contributed by atoms with Gasteiger partial charge < -0.3 is 9.73 Å². The van der Waals surface area contributed by atoms with Crippen LogP contribution in [0.1, 0.15) is 35.0 Å². The number of carbonyl (C=O) groups excluding carboxylic acids is 1. The van der Waals surface area contributed by atoms with Crippen LogP contribution in [-0.4, -0.2) is 36.7 Å². The average Bonchev–Trinajstić information content (AvgIpc) is 3.29. The molecular formula is C18H22N2O2S. The lowest BCUT2D eigenvalue weighted by molar-refractivity contribution is 0.0931. The van der Waals surface area contributed by atoms with Gasteiger partial charge in [0.1, 0.15) is 5.76 Å². The molecule has 1 aliphatic heterocycles. The summed E-state index contributed by atoms with van der Waals surface area (Å²) in [6, 6.07) is 11.7. The van der Waals surface area contributed by atoms with Gasteiger partial charge in [-0.05, 0) is 56.5 Å². The molecule has 23 heavy (non-hydrogen) atoms. The van der Waals surface area contributed by atoms with Crippen LogP contribution in [0.4, 0.5) is 0 Å². The van der Waals surface area contributed by atoms with Crippen LogP contribution in [0.15, 0.2) is 52.0 Å². The number of hydrogen-bond donors (Lipinski definition) is 1. The average molecular weight is 330 g/mol. The Morgan fingerprint density at radius 3 is 2.74 bits per heavy atom. The lowest BCUT2D eigenvalue weighted by Crippen LogP contribution is -2.36. The SMILES string of the molecule is CSc1ccccc1C(=O)NCC(c1ccco1)N1CCCC1. The van der Waals surface area contributed by atoms with E-state index < -0.39 is 0 Å². The highest BCUT2D eigenvalue weighted by molar-refractivity contribution is 7.98. The summed E-state index contributed by atoms with van der Waals surface area (Å²) >= 11 is 1.59. The quantitative estimate of drug-likeness (QED) is 0.823. The first kappa shape index (κ1) is 16.1. The van der Waals surface area contributed by atoms with Gasteiger partial charge in [0.2, 0.25) is 0 Å². The molecule has 2 aromatic rings. The van der Waals surface area contributed by atoms with Crippen LogP contribution >= 0.6 is 11.8 Å². The second-order valence-electron chi connectivity index (χ2n) is 5.68. The van der Waals surface area contributed by atoms with Gasteiger partial charge in [-0.1, -0.05) is 12.1 Å². The minimum absolute atomic E-state index is 0.0225. The number of rotatable bonds is 6. The molecule has 1 N–H and O–H groups in total. The van der Waals surface area contributed by atoms with Gasteiger partial charge in [-0.25, -0.2) is 0 Å². The van der Waals surface area contributed by atoms with E-state index in [1.807, 2.05) is 42.7 Å². The van der Waals surface area contributed by atoms with Crippen molar-refractivity contribution in [1.29, 1.82) is 0 Å². The Kier molecular flexibility index (Phi) is 5.41. The number of nitrogens with zero attached hydrogens (tertiary/aromatic N) is 1. The van der Waals surface area contributed by atoms with Crippen LogP contribution in [0, 0.1) is 0 Å². The minimum atomic E-state index is -0.0225. The maximum atomic E-state index is 12.5. The highest BCUT2D eigenvalue weighted by Gasteiger charge is 2.26. The van der Waals surface area contributed by atoms with Crippen molar-refractivity contribution < 1.29 is 9.21 Å². The molecule has 1 aliphatic rings. The standard InChI is InChI=1S/C18H22N2O2S/c1-23-17-9-3-2-7-14(17)18(21)19-13-15(16-8-6-12-22-16)20-10-4-5-11-20/h2-3,6-9,12,15H,4-5,10-11,13H2,1H3,(H,19,21). The molecule has 1 fully saturated rings. The van der Waals surface area contributed by atoms with E-state index in [9.17, 15) is 4.79 Å². The Morgan fingerprint density at radius 2 is 2.04 bits per heavy atom. The fourth-order valence-electron chi connectivity index (χ4n) is 3.06. The number of hydrogen-bond acceptors (Lipinski definition) is 4. The van der Waals surface area contributed by atoms with Gasteiger partial charge in [0.25, 0.3) is 5.91 Å². The Balaban J connectivity index is 1.70. The number of benzene rings is 1. The lowest BCUT2D eigenvalue weighted by atomic mass is 10.1. The number of carbonyl (C=O) groups is 1. The van der Waals surface area contributed by atoms with Crippen molar-refractivity contribution in [3.05, 3.63) is 54.0 Å². The van der Waals surface area contributed by atoms with E-state index in [4.69, 9.17) is 4.42 Å². The molecule has 3 rings (SSSR count). The summed E-state index contributed by atoms with van der Waals surface area (Å²) in [5, 5.41) is 3.08. The minimum Gasteiger partial charge on any atom is -0.468 e. The van der Waals surface area contributed by atoms with Gasteiger partial charge in [0, 0.05) is 11.4 Å². The maximum absolute atomic E-state index is 12.5. The zero-order chi connectivity index (χ0) is 16.1. The summed E-state index contributed by atoms with van der Waals surface area (Å²) in [7, 11) is 0. The van der Waals surface area contributed by atoms with E-state index in [1.165, 1.54) is 12.8 Å². The highest BCUT2D eigenvalue weighted by atomic mass is 32.2. The zero-order valence-electron chi connectivity index (χ0n) is 13.3. The van der Waals surface area contributed by atoms with Crippen molar-refractivity contribution >= 4 is 17.7 Å². The monoisotopic (exact) mass is 330 g/mol. The van der Waals surface area contributed by atoms with Crippen molar-refractivity contribution in [3.63, 3.8) is 0 Å². The summed E-state index contributed by atoms with van der Waals surface area (Å²) in [5.41, 5.74) is 0.736. The number of thioether (sulfide) groups is 1. The summed E-state index contributed by atoms with van der Waals surface area (Å²) in [4.78, 5) is 15.9. The molecule has 2 heterocycles. The molecule has 1 atom stereocenters. The van der Waals surface area contributed by atoms with Crippen LogP contribution in [0.2, 0.25) is 0 Å². The second kappa shape index (κ2) is 7.70. The maximum Gasteiger partial charge on any atom is 0.252 e. The number of likely N-dealkylation sites (tertiary alicyclic amines) is 1. The van der Waals surface area contributed by atoms with Gasteiger partial charge in [-0.3, -0.25) is 9.69 Å². The van der Waals surface area contributed by atoms with Crippen LogP contribution in [0.5, 0.6) is 0 Å². The van der Waals surface area contributed by atoms with Gasteiger partial charge in [-0.15, -0.1) is 11.8 Å². The molecule has 1 unspecified atom stereocenters. The van der Waals surface area contributed by atoms with E-state index in [1.54, 1.807) is 18.0 Å². The molecule has 0 saturated carbocycles. The first-order valence-electron chi connectivity index (χ1n) is 7.98. The molecule has 1 aromatic carbocycles. The van der Waals surface area contributed by atoms with Crippen molar-refractivity contribution in [1.82, 2.24) is 10.2 Å². The van der Waals surface area contributed by atoms with Crippen LogP contribution < -0.4 is 5.32 Å². The topological polar surface area (TPSA) is 45.5 Å². The summed E-state index contributed by atoms with van der Waals surface area (Å²) in [6.07, 6.45) is 6.10.